The fraction of sp³-hybridized carbons (Fsp3) is 0.200. The molecular formula is C10H7ClF2N2O2. The standard InChI is InChI=1S/C10H7ClF2N2O2/c11-10(12,13)9(6-4-2-1-3-5-6)7(16)14-8(17)15-9/h1-5H,(H2,14,15,16,17). The molecule has 0 bridgehead atoms. The van der Waals surface area contributed by atoms with E-state index in [9.17, 15) is 18.4 Å². The zero-order valence-electron chi connectivity index (χ0n) is 8.34. The number of amides is 3. The molecule has 1 aromatic rings. The van der Waals surface area contributed by atoms with Crippen LogP contribution in [0, 0.1) is 0 Å². The SMILES string of the molecule is O=C1NC(=O)C(c2ccccc2)(C(F)(F)Cl)N1. The van der Waals surface area contributed by atoms with Gasteiger partial charge in [0.05, 0.1) is 0 Å². The summed E-state index contributed by atoms with van der Waals surface area (Å²) in [4.78, 5) is 22.6. The molecule has 0 radical (unpaired) electrons. The minimum absolute atomic E-state index is 0.0802. The van der Waals surface area contributed by atoms with Crippen molar-refractivity contribution < 1.29 is 18.4 Å². The fourth-order valence-corrected chi connectivity index (χ4v) is 1.95. The van der Waals surface area contributed by atoms with E-state index in [2.05, 4.69) is 0 Å². The van der Waals surface area contributed by atoms with Gasteiger partial charge in [0.15, 0.2) is 0 Å². The number of carbonyl (C=O) groups excluding carboxylic acids is 2. The summed E-state index contributed by atoms with van der Waals surface area (Å²) in [5, 5.41) is -0.289. The smallest absolute Gasteiger partial charge is 0.313 e. The monoisotopic (exact) mass is 260 g/mol. The zero-order chi connectivity index (χ0) is 12.7. The third kappa shape index (κ3) is 1.64. The first-order valence-electron chi connectivity index (χ1n) is 4.64. The Bertz CT molecular complexity index is 475. The first-order valence-corrected chi connectivity index (χ1v) is 5.01. The average molecular weight is 261 g/mol. The number of rotatable bonds is 2. The molecule has 1 saturated heterocycles. The highest BCUT2D eigenvalue weighted by atomic mass is 35.5. The molecule has 7 heteroatoms. The third-order valence-corrected chi connectivity index (χ3v) is 2.78. The van der Waals surface area contributed by atoms with Gasteiger partial charge in [0.2, 0.25) is 5.54 Å². The van der Waals surface area contributed by atoms with Gasteiger partial charge in [-0.3, -0.25) is 10.1 Å². The van der Waals surface area contributed by atoms with E-state index in [1.54, 1.807) is 11.4 Å². The summed E-state index contributed by atoms with van der Waals surface area (Å²) in [5.41, 5.74) is -2.64. The van der Waals surface area contributed by atoms with E-state index >= 15 is 0 Å². The molecule has 1 aliphatic rings. The Balaban J connectivity index is 2.61. The van der Waals surface area contributed by atoms with Crippen LogP contribution in [0.5, 0.6) is 0 Å². The lowest BCUT2D eigenvalue weighted by Gasteiger charge is -2.30. The summed E-state index contributed by atoms with van der Waals surface area (Å²) >= 11 is 4.98. The Hall–Kier alpha value is -1.69. The fourth-order valence-electron chi connectivity index (χ4n) is 1.71. The topological polar surface area (TPSA) is 58.2 Å². The third-order valence-electron chi connectivity index (χ3n) is 2.50. The molecule has 0 spiro atoms. The van der Waals surface area contributed by atoms with E-state index < -0.39 is 22.9 Å². The van der Waals surface area contributed by atoms with Gasteiger partial charge < -0.3 is 5.32 Å². The molecular weight excluding hydrogens is 254 g/mol. The number of nitrogens with one attached hydrogen (secondary N) is 2. The predicted molar refractivity (Wildman–Crippen MR) is 55.6 cm³/mol. The quantitative estimate of drug-likeness (QED) is 0.626. The molecule has 1 unspecified atom stereocenters. The van der Waals surface area contributed by atoms with Gasteiger partial charge in [-0.1, -0.05) is 30.3 Å². The summed E-state index contributed by atoms with van der Waals surface area (Å²) in [7, 11) is 0. The van der Waals surface area contributed by atoms with Gasteiger partial charge in [-0.2, -0.15) is 8.78 Å². The van der Waals surface area contributed by atoms with Crippen LogP contribution in [-0.4, -0.2) is 17.3 Å². The molecule has 90 valence electrons. The van der Waals surface area contributed by atoms with Gasteiger partial charge in [-0.15, -0.1) is 0 Å². The van der Waals surface area contributed by atoms with E-state index in [1.807, 2.05) is 5.32 Å². The largest absolute Gasteiger partial charge is 0.357 e. The second-order valence-corrected chi connectivity index (χ2v) is 4.00. The van der Waals surface area contributed by atoms with E-state index in [0.29, 0.717) is 0 Å². The van der Waals surface area contributed by atoms with Crippen molar-refractivity contribution in [1.29, 1.82) is 0 Å². The van der Waals surface area contributed by atoms with Gasteiger partial charge in [-0.25, -0.2) is 4.79 Å². The Morgan fingerprint density at radius 2 is 1.76 bits per heavy atom. The zero-order valence-corrected chi connectivity index (χ0v) is 9.09. The average Bonchev–Trinajstić information content (AvgIpc) is 2.55. The normalized spacial score (nSPS) is 24.4. The highest BCUT2D eigenvalue weighted by Crippen LogP contribution is 2.42. The van der Waals surface area contributed by atoms with Crippen molar-refractivity contribution in [3.63, 3.8) is 0 Å². The molecule has 3 amide bonds. The maximum Gasteiger partial charge on any atom is 0.357 e. The minimum Gasteiger partial charge on any atom is -0.313 e. The molecule has 1 aliphatic heterocycles. The van der Waals surface area contributed by atoms with Crippen LogP contribution < -0.4 is 10.6 Å². The van der Waals surface area contributed by atoms with E-state index in [1.165, 1.54) is 24.3 Å². The Morgan fingerprint density at radius 1 is 1.18 bits per heavy atom. The number of urea groups is 1. The maximum absolute atomic E-state index is 13.5. The van der Waals surface area contributed by atoms with Crippen LogP contribution in [0.15, 0.2) is 30.3 Å². The van der Waals surface area contributed by atoms with Crippen LogP contribution in [0.25, 0.3) is 0 Å². The van der Waals surface area contributed by atoms with Gasteiger partial charge in [-0.05, 0) is 17.2 Å². The van der Waals surface area contributed by atoms with Crippen molar-refractivity contribution in [2.45, 2.75) is 10.9 Å². The Morgan fingerprint density at radius 3 is 2.18 bits per heavy atom. The summed E-state index contributed by atoms with van der Waals surface area (Å²) in [6.07, 6.45) is 0. The highest BCUT2D eigenvalue weighted by Gasteiger charge is 2.64. The molecule has 2 rings (SSSR count). The summed E-state index contributed by atoms with van der Waals surface area (Å²) in [6.45, 7) is 0. The molecule has 0 aliphatic carbocycles. The van der Waals surface area contributed by atoms with Gasteiger partial charge >= 0.3 is 11.4 Å². The number of hydrogen-bond acceptors (Lipinski definition) is 2. The van der Waals surface area contributed by atoms with Crippen molar-refractivity contribution in [2.24, 2.45) is 0 Å². The van der Waals surface area contributed by atoms with Gasteiger partial charge in [0.25, 0.3) is 5.91 Å². The number of halogens is 3. The Kier molecular flexibility index (Phi) is 2.54. The molecule has 17 heavy (non-hydrogen) atoms. The predicted octanol–water partition coefficient (Wildman–Crippen LogP) is 1.55. The van der Waals surface area contributed by atoms with Crippen molar-refractivity contribution in [3.8, 4) is 0 Å². The van der Waals surface area contributed by atoms with E-state index in [-0.39, 0.29) is 5.56 Å². The molecule has 0 saturated carbocycles. The number of imide groups is 1. The first-order chi connectivity index (χ1) is 7.88. The molecule has 1 fully saturated rings. The molecule has 0 aromatic heterocycles. The molecule has 1 heterocycles. The number of benzene rings is 1. The lowest BCUT2D eigenvalue weighted by molar-refractivity contribution is -0.133. The first kappa shape index (κ1) is 11.8. The van der Waals surface area contributed by atoms with Gasteiger partial charge in [0.1, 0.15) is 0 Å². The van der Waals surface area contributed by atoms with Crippen LogP contribution in [0.4, 0.5) is 13.6 Å². The lowest BCUT2D eigenvalue weighted by atomic mass is 9.90. The second kappa shape index (κ2) is 3.66. The van der Waals surface area contributed by atoms with Crippen molar-refractivity contribution in [2.75, 3.05) is 0 Å². The Labute approximate surface area is 99.9 Å². The summed E-state index contributed by atoms with van der Waals surface area (Å²) < 4.78 is 27.0. The van der Waals surface area contributed by atoms with E-state index in [4.69, 9.17) is 11.6 Å². The lowest BCUT2D eigenvalue weighted by Crippen LogP contribution is -2.55. The van der Waals surface area contributed by atoms with Crippen LogP contribution in [0.1, 0.15) is 5.56 Å². The van der Waals surface area contributed by atoms with Crippen LogP contribution in [0.3, 0.4) is 0 Å². The van der Waals surface area contributed by atoms with Gasteiger partial charge in [0, 0.05) is 0 Å². The van der Waals surface area contributed by atoms with Crippen molar-refractivity contribution >= 4 is 23.5 Å². The number of hydrogen-bond donors (Lipinski definition) is 2. The summed E-state index contributed by atoms with van der Waals surface area (Å²) in [6, 6.07) is 6.12. The minimum atomic E-state index is -3.94. The molecule has 1 aromatic carbocycles. The number of carbonyl (C=O) groups is 2. The maximum atomic E-state index is 13.5. The molecule has 4 nitrogen and oxygen atoms in total. The second-order valence-electron chi connectivity index (χ2n) is 3.52. The highest BCUT2D eigenvalue weighted by molar-refractivity contribution is 6.26. The molecule has 1 atom stereocenters. The van der Waals surface area contributed by atoms with Crippen molar-refractivity contribution in [1.82, 2.24) is 10.6 Å². The molecule has 2 N–H and O–H groups in total. The summed E-state index contributed by atoms with van der Waals surface area (Å²) in [5.74, 6) is -1.17. The van der Waals surface area contributed by atoms with Crippen molar-refractivity contribution in [3.05, 3.63) is 35.9 Å². The van der Waals surface area contributed by atoms with Crippen LogP contribution >= 0.6 is 11.6 Å². The van der Waals surface area contributed by atoms with Crippen LogP contribution in [-0.2, 0) is 10.3 Å². The van der Waals surface area contributed by atoms with Crippen LogP contribution in [0.2, 0.25) is 0 Å². The number of alkyl halides is 3. The van der Waals surface area contributed by atoms with E-state index in [0.717, 1.165) is 0 Å².